The molecule has 1 rings (SSSR count). The molecule has 1 atom stereocenters. The van der Waals surface area contributed by atoms with E-state index in [4.69, 9.17) is 15.9 Å². The van der Waals surface area contributed by atoms with Gasteiger partial charge in [-0.2, -0.15) is 0 Å². The lowest BCUT2D eigenvalue weighted by molar-refractivity contribution is 0.105. The van der Waals surface area contributed by atoms with Crippen LogP contribution in [0.4, 0.5) is 0 Å². The fourth-order valence-electron chi connectivity index (χ4n) is 1.68. The molecular weight excluding hydrogens is 154 g/mol. The summed E-state index contributed by atoms with van der Waals surface area (Å²) >= 11 is 0. The fraction of sp³-hybridized carbons (Fsp3) is 0.875. The van der Waals surface area contributed by atoms with Crippen LogP contribution in [0.3, 0.4) is 0 Å². The molecule has 0 aromatic rings. The van der Waals surface area contributed by atoms with E-state index in [-0.39, 0.29) is 5.96 Å². The highest BCUT2D eigenvalue weighted by Crippen LogP contribution is 2.16. The molecule has 1 aliphatic rings. The molecule has 70 valence electrons. The van der Waals surface area contributed by atoms with Crippen molar-refractivity contribution in [3.8, 4) is 0 Å². The lowest BCUT2D eigenvalue weighted by Gasteiger charge is -2.35. The molecule has 1 unspecified atom stereocenters. The van der Waals surface area contributed by atoms with Gasteiger partial charge in [-0.05, 0) is 19.3 Å². The number of methoxy groups -OCH3 is 1. The number of hydrogen-bond donors (Lipinski definition) is 2. The third-order valence-corrected chi connectivity index (χ3v) is 2.30. The summed E-state index contributed by atoms with van der Waals surface area (Å²) in [5.74, 6) is 0.178. The van der Waals surface area contributed by atoms with Gasteiger partial charge in [0.25, 0.3) is 0 Å². The standard InChI is InChI=1S/C8H17N3O/c1-12-6-7-4-2-3-5-11(7)8(9)10/h7H,2-6H2,1H3,(H3,9,10). The average Bonchev–Trinajstić information content (AvgIpc) is 2.05. The lowest BCUT2D eigenvalue weighted by Crippen LogP contribution is -2.48. The van der Waals surface area contributed by atoms with Gasteiger partial charge in [-0.15, -0.1) is 0 Å². The average molecular weight is 171 g/mol. The highest BCUT2D eigenvalue weighted by atomic mass is 16.5. The van der Waals surface area contributed by atoms with Crippen LogP contribution in [-0.2, 0) is 4.74 Å². The first-order chi connectivity index (χ1) is 5.75. The first kappa shape index (κ1) is 9.32. The third-order valence-electron chi connectivity index (χ3n) is 2.30. The van der Waals surface area contributed by atoms with E-state index < -0.39 is 0 Å². The molecule has 3 N–H and O–H groups in total. The molecule has 4 heteroatoms. The van der Waals surface area contributed by atoms with Crippen LogP contribution in [0.5, 0.6) is 0 Å². The number of ether oxygens (including phenoxy) is 1. The third kappa shape index (κ3) is 2.11. The Bertz CT molecular complexity index is 158. The van der Waals surface area contributed by atoms with Crippen molar-refractivity contribution in [2.45, 2.75) is 25.3 Å². The molecule has 0 aromatic heterocycles. The van der Waals surface area contributed by atoms with Crippen molar-refractivity contribution >= 4 is 5.96 Å². The summed E-state index contributed by atoms with van der Waals surface area (Å²) in [5, 5.41) is 7.35. The number of likely N-dealkylation sites (tertiary alicyclic amines) is 1. The van der Waals surface area contributed by atoms with E-state index in [0.29, 0.717) is 12.6 Å². The summed E-state index contributed by atoms with van der Waals surface area (Å²) in [7, 11) is 1.69. The Kier molecular flexibility index (Phi) is 3.34. The number of rotatable bonds is 2. The number of nitrogens with one attached hydrogen (secondary N) is 1. The molecule has 0 saturated carbocycles. The highest BCUT2D eigenvalue weighted by Gasteiger charge is 2.22. The van der Waals surface area contributed by atoms with Crippen LogP contribution < -0.4 is 5.73 Å². The second kappa shape index (κ2) is 4.30. The van der Waals surface area contributed by atoms with Gasteiger partial charge in [0.05, 0.1) is 12.6 Å². The monoisotopic (exact) mass is 171 g/mol. The SMILES string of the molecule is COCC1CCCCN1C(=N)N. The Balaban J connectivity index is 2.48. The lowest BCUT2D eigenvalue weighted by atomic mass is 10.0. The summed E-state index contributed by atoms with van der Waals surface area (Å²) in [6, 6.07) is 0.321. The fourth-order valence-corrected chi connectivity index (χ4v) is 1.68. The molecule has 1 heterocycles. The smallest absolute Gasteiger partial charge is 0.188 e. The summed E-state index contributed by atoms with van der Waals surface area (Å²) in [6.07, 6.45) is 3.45. The molecule has 12 heavy (non-hydrogen) atoms. The van der Waals surface area contributed by atoms with Crippen LogP contribution in [0.15, 0.2) is 0 Å². The van der Waals surface area contributed by atoms with Gasteiger partial charge in [0.15, 0.2) is 5.96 Å². The maximum absolute atomic E-state index is 7.35. The molecule has 4 nitrogen and oxygen atoms in total. The number of nitrogens with two attached hydrogens (primary N) is 1. The highest BCUT2D eigenvalue weighted by molar-refractivity contribution is 5.75. The second-order valence-corrected chi connectivity index (χ2v) is 3.18. The molecule has 0 aromatic carbocycles. The summed E-state index contributed by atoms with van der Waals surface area (Å²) < 4.78 is 5.07. The predicted octanol–water partition coefficient (Wildman–Crippen LogP) is 0.381. The van der Waals surface area contributed by atoms with E-state index in [0.717, 1.165) is 19.4 Å². The minimum atomic E-state index is 0.178. The number of guanidine groups is 1. The first-order valence-electron chi connectivity index (χ1n) is 4.35. The Hall–Kier alpha value is -0.770. The summed E-state index contributed by atoms with van der Waals surface area (Å²) in [4.78, 5) is 1.92. The van der Waals surface area contributed by atoms with Gasteiger partial charge in [-0.3, -0.25) is 5.41 Å². The van der Waals surface area contributed by atoms with Gasteiger partial charge in [-0.1, -0.05) is 0 Å². The van der Waals surface area contributed by atoms with E-state index in [1.807, 2.05) is 4.90 Å². The van der Waals surface area contributed by atoms with Crippen molar-refractivity contribution in [2.24, 2.45) is 5.73 Å². The molecule has 0 bridgehead atoms. The van der Waals surface area contributed by atoms with Gasteiger partial charge in [-0.25, -0.2) is 0 Å². The van der Waals surface area contributed by atoms with E-state index >= 15 is 0 Å². The van der Waals surface area contributed by atoms with Crippen molar-refractivity contribution in [3.63, 3.8) is 0 Å². The molecule has 1 fully saturated rings. The van der Waals surface area contributed by atoms with Crippen LogP contribution in [-0.4, -0.2) is 37.2 Å². The minimum Gasteiger partial charge on any atom is -0.383 e. The largest absolute Gasteiger partial charge is 0.383 e. The number of piperidine rings is 1. The Labute approximate surface area is 73.2 Å². The van der Waals surface area contributed by atoms with Gasteiger partial charge in [0, 0.05) is 13.7 Å². The molecular formula is C8H17N3O. The zero-order chi connectivity index (χ0) is 8.97. The summed E-state index contributed by atoms with van der Waals surface area (Å²) in [6.45, 7) is 1.59. The quantitative estimate of drug-likeness (QED) is 0.466. The van der Waals surface area contributed by atoms with Crippen LogP contribution in [0.1, 0.15) is 19.3 Å². The topological polar surface area (TPSA) is 62.3 Å². The Morgan fingerprint density at radius 2 is 2.42 bits per heavy atom. The second-order valence-electron chi connectivity index (χ2n) is 3.18. The van der Waals surface area contributed by atoms with E-state index in [1.165, 1.54) is 6.42 Å². The molecule has 0 radical (unpaired) electrons. The van der Waals surface area contributed by atoms with Gasteiger partial charge in [0.1, 0.15) is 0 Å². The normalized spacial score (nSPS) is 24.1. The maximum atomic E-state index is 7.35. The van der Waals surface area contributed by atoms with Crippen molar-refractivity contribution in [1.29, 1.82) is 5.41 Å². The minimum absolute atomic E-state index is 0.178. The van der Waals surface area contributed by atoms with Crippen molar-refractivity contribution in [3.05, 3.63) is 0 Å². The summed E-state index contributed by atoms with van der Waals surface area (Å²) in [5.41, 5.74) is 5.44. The zero-order valence-electron chi connectivity index (χ0n) is 7.55. The van der Waals surface area contributed by atoms with Crippen LogP contribution in [0.25, 0.3) is 0 Å². The molecule has 1 saturated heterocycles. The van der Waals surface area contributed by atoms with Crippen molar-refractivity contribution in [1.82, 2.24) is 4.90 Å². The molecule has 0 aliphatic carbocycles. The zero-order valence-corrected chi connectivity index (χ0v) is 7.55. The van der Waals surface area contributed by atoms with Crippen LogP contribution in [0, 0.1) is 5.41 Å². The predicted molar refractivity (Wildman–Crippen MR) is 48.1 cm³/mol. The Morgan fingerprint density at radius 1 is 1.67 bits per heavy atom. The maximum Gasteiger partial charge on any atom is 0.188 e. The van der Waals surface area contributed by atoms with Gasteiger partial charge in [0.2, 0.25) is 0 Å². The number of hydrogen-bond acceptors (Lipinski definition) is 2. The van der Waals surface area contributed by atoms with Gasteiger partial charge >= 0.3 is 0 Å². The first-order valence-corrected chi connectivity index (χ1v) is 4.35. The van der Waals surface area contributed by atoms with Crippen molar-refractivity contribution in [2.75, 3.05) is 20.3 Å². The van der Waals surface area contributed by atoms with Gasteiger partial charge < -0.3 is 15.4 Å². The van der Waals surface area contributed by atoms with Crippen LogP contribution in [0.2, 0.25) is 0 Å². The van der Waals surface area contributed by atoms with E-state index in [9.17, 15) is 0 Å². The van der Waals surface area contributed by atoms with E-state index in [2.05, 4.69) is 0 Å². The molecule has 0 amide bonds. The molecule has 0 spiro atoms. The van der Waals surface area contributed by atoms with Crippen LogP contribution >= 0.6 is 0 Å². The Morgan fingerprint density at radius 3 is 3.00 bits per heavy atom. The van der Waals surface area contributed by atoms with Crippen molar-refractivity contribution < 1.29 is 4.74 Å². The number of nitrogens with zero attached hydrogens (tertiary/aromatic N) is 1. The molecule has 1 aliphatic heterocycles. The van der Waals surface area contributed by atoms with E-state index in [1.54, 1.807) is 7.11 Å².